The number of morpholine rings is 1. The Labute approximate surface area is 180 Å². The fourth-order valence-corrected chi connectivity index (χ4v) is 4.71. The van der Waals surface area contributed by atoms with Crippen molar-refractivity contribution in [2.45, 2.75) is 12.6 Å². The number of hydrogen-bond donors (Lipinski definition) is 1. The van der Waals surface area contributed by atoms with E-state index in [-0.39, 0.29) is 6.61 Å². The Balaban J connectivity index is 1.73. The lowest BCUT2D eigenvalue weighted by Gasteiger charge is -2.27. The average Bonchev–Trinajstić information content (AvgIpc) is 3.18. The lowest BCUT2D eigenvalue weighted by molar-refractivity contribution is 0.0331. The number of likely N-dealkylation sites (N-methyl/N-ethyl adjacent to an activating group) is 1. The van der Waals surface area contributed by atoms with E-state index < -0.39 is 6.10 Å². The topological polar surface area (TPSA) is 71.0 Å². The van der Waals surface area contributed by atoms with Gasteiger partial charge in [-0.05, 0) is 5.56 Å². The summed E-state index contributed by atoms with van der Waals surface area (Å²) in [4.78, 5) is 15.1. The summed E-state index contributed by atoms with van der Waals surface area (Å²) >= 11 is 1.64. The summed E-state index contributed by atoms with van der Waals surface area (Å²) in [5.41, 5.74) is 2.26. The van der Waals surface area contributed by atoms with E-state index in [1.54, 1.807) is 18.4 Å². The van der Waals surface area contributed by atoms with Gasteiger partial charge in [0.2, 0.25) is 0 Å². The monoisotopic (exact) mass is 428 g/mol. The molecule has 160 valence electrons. The van der Waals surface area contributed by atoms with Crippen molar-refractivity contribution in [1.82, 2.24) is 14.9 Å². The second-order valence-corrected chi connectivity index (χ2v) is 8.40. The molecule has 0 bridgehead atoms. The minimum absolute atomic E-state index is 0.286. The summed E-state index contributed by atoms with van der Waals surface area (Å²) in [6.07, 6.45) is -0.591. The molecule has 1 atom stereocenters. The molecule has 0 amide bonds. The van der Waals surface area contributed by atoms with Crippen LogP contribution < -0.4 is 4.90 Å². The van der Waals surface area contributed by atoms with Gasteiger partial charge in [0, 0.05) is 44.7 Å². The molecule has 3 heterocycles. The Morgan fingerprint density at radius 1 is 1.23 bits per heavy atom. The zero-order valence-electron chi connectivity index (χ0n) is 17.5. The van der Waals surface area contributed by atoms with Gasteiger partial charge in [0.25, 0.3) is 0 Å². The maximum Gasteiger partial charge on any atom is 0.146 e. The minimum Gasteiger partial charge on any atom is -0.389 e. The highest BCUT2D eigenvalue weighted by atomic mass is 32.1. The molecular formula is C22H28N4O3S. The second kappa shape index (κ2) is 9.80. The molecule has 8 heteroatoms. The van der Waals surface area contributed by atoms with Gasteiger partial charge in [0.1, 0.15) is 16.5 Å². The molecule has 1 N–H and O–H groups in total. The number of aliphatic hydroxyl groups excluding tert-OH is 1. The Hall–Kier alpha value is -2.10. The molecule has 1 aliphatic heterocycles. The number of rotatable bonds is 8. The first kappa shape index (κ1) is 21.1. The molecular weight excluding hydrogens is 400 g/mol. The first-order valence-electron chi connectivity index (χ1n) is 10.2. The lowest BCUT2D eigenvalue weighted by Crippen LogP contribution is -2.36. The zero-order valence-corrected chi connectivity index (χ0v) is 18.3. The van der Waals surface area contributed by atoms with Crippen LogP contribution in [-0.2, 0) is 16.0 Å². The zero-order chi connectivity index (χ0) is 20.9. The SMILES string of the molecule is COCC(O)CN(C)c1nc(CN2CCOCC2)nc2scc(-c3ccccc3)c12. The van der Waals surface area contributed by atoms with Crippen LogP contribution in [0, 0.1) is 0 Å². The summed E-state index contributed by atoms with van der Waals surface area (Å²) in [5.74, 6) is 1.65. The largest absolute Gasteiger partial charge is 0.389 e. The second-order valence-electron chi connectivity index (χ2n) is 7.54. The van der Waals surface area contributed by atoms with Crippen molar-refractivity contribution >= 4 is 27.4 Å². The number of aliphatic hydroxyl groups is 1. The first-order valence-corrected chi connectivity index (χ1v) is 11.1. The molecule has 1 aliphatic rings. The van der Waals surface area contributed by atoms with E-state index in [1.165, 1.54) is 0 Å². The number of nitrogens with zero attached hydrogens (tertiary/aromatic N) is 4. The van der Waals surface area contributed by atoms with Crippen molar-refractivity contribution in [2.75, 3.05) is 58.5 Å². The number of anilines is 1. The maximum absolute atomic E-state index is 10.3. The van der Waals surface area contributed by atoms with E-state index in [2.05, 4.69) is 22.4 Å². The van der Waals surface area contributed by atoms with Gasteiger partial charge in [-0.2, -0.15) is 0 Å². The molecule has 1 unspecified atom stereocenters. The number of ether oxygens (including phenoxy) is 2. The summed E-state index contributed by atoms with van der Waals surface area (Å²) < 4.78 is 10.6. The van der Waals surface area contributed by atoms with Gasteiger partial charge < -0.3 is 19.5 Å². The third-order valence-electron chi connectivity index (χ3n) is 5.22. The van der Waals surface area contributed by atoms with Crippen molar-refractivity contribution in [2.24, 2.45) is 0 Å². The number of fused-ring (bicyclic) bond motifs is 1. The van der Waals surface area contributed by atoms with Gasteiger partial charge >= 0.3 is 0 Å². The summed E-state index contributed by atoms with van der Waals surface area (Å²) in [5, 5.41) is 13.5. The Bertz CT molecular complexity index is 960. The molecule has 1 aromatic carbocycles. The van der Waals surface area contributed by atoms with Crippen molar-refractivity contribution in [3.05, 3.63) is 41.5 Å². The quantitative estimate of drug-likeness (QED) is 0.591. The summed E-state index contributed by atoms with van der Waals surface area (Å²) in [6, 6.07) is 10.3. The fraction of sp³-hybridized carbons (Fsp3) is 0.455. The van der Waals surface area contributed by atoms with Crippen LogP contribution in [0.15, 0.2) is 35.7 Å². The van der Waals surface area contributed by atoms with E-state index in [0.29, 0.717) is 13.1 Å². The predicted octanol–water partition coefficient (Wildman–Crippen LogP) is 2.63. The number of hydrogen-bond acceptors (Lipinski definition) is 8. The highest BCUT2D eigenvalue weighted by Crippen LogP contribution is 2.38. The summed E-state index contributed by atoms with van der Waals surface area (Å²) in [7, 11) is 3.56. The van der Waals surface area contributed by atoms with Crippen LogP contribution in [0.25, 0.3) is 21.3 Å². The minimum atomic E-state index is -0.591. The van der Waals surface area contributed by atoms with Gasteiger partial charge in [-0.15, -0.1) is 11.3 Å². The molecule has 30 heavy (non-hydrogen) atoms. The lowest BCUT2D eigenvalue weighted by atomic mass is 10.1. The van der Waals surface area contributed by atoms with Crippen LogP contribution in [-0.4, -0.2) is 79.7 Å². The molecule has 2 aromatic heterocycles. The van der Waals surface area contributed by atoms with Gasteiger partial charge in [0.05, 0.1) is 37.9 Å². The fourth-order valence-electron chi connectivity index (χ4n) is 3.75. The van der Waals surface area contributed by atoms with Gasteiger partial charge in [0.15, 0.2) is 0 Å². The summed E-state index contributed by atoms with van der Waals surface area (Å²) in [6.45, 7) is 4.68. The molecule has 1 fully saturated rings. The number of aromatic nitrogens is 2. The molecule has 7 nitrogen and oxygen atoms in total. The van der Waals surface area contributed by atoms with E-state index in [0.717, 1.165) is 59.3 Å². The normalized spacial score (nSPS) is 16.1. The van der Waals surface area contributed by atoms with Crippen molar-refractivity contribution in [3.63, 3.8) is 0 Å². The van der Waals surface area contributed by atoms with Gasteiger partial charge in [-0.25, -0.2) is 9.97 Å². The van der Waals surface area contributed by atoms with Crippen LogP contribution in [0.2, 0.25) is 0 Å². The third kappa shape index (κ3) is 4.79. The smallest absolute Gasteiger partial charge is 0.146 e. The van der Waals surface area contributed by atoms with E-state index in [4.69, 9.17) is 19.4 Å². The Morgan fingerprint density at radius 2 is 2.00 bits per heavy atom. The highest BCUT2D eigenvalue weighted by molar-refractivity contribution is 7.17. The van der Waals surface area contributed by atoms with Crippen LogP contribution in [0.1, 0.15) is 5.82 Å². The first-order chi connectivity index (χ1) is 14.7. The van der Waals surface area contributed by atoms with Gasteiger partial charge in [-0.1, -0.05) is 30.3 Å². The van der Waals surface area contributed by atoms with Crippen LogP contribution in [0.4, 0.5) is 5.82 Å². The molecule has 1 saturated heterocycles. The van der Waals surface area contributed by atoms with E-state index in [9.17, 15) is 5.11 Å². The van der Waals surface area contributed by atoms with E-state index in [1.807, 2.05) is 30.1 Å². The third-order valence-corrected chi connectivity index (χ3v) is 6.09. The van der Waals surface area contributed by atoms with Gasteiger partial charge in [-0.3, -0.25) is 4.90 Å². The van der Waals surface area contributed by atoms with Crippen LogP contribution >= 0.6 is 11.3 Å². The Morgan fingerprint density at radius 3 is 2.73 bits per heavy atom. The van der Waals surface area contributed by atoms with Crippen molar-refractivity contribution < 1.29 is 14.6 Å². The number of thiophene rings is 1. The molecule has 0 saturated carbocycles. The average molecular weight is 429 g/mol. The predicted molar refractivity (Wildman–Crippen MR) is 120 cm³/mol. The Kier molecular flexibility index (Phi) is 6.91. The molecule has 4 rings (SSSR count). The molecule has 0 aliphatic carbocycles. The van der Waals surface area contributed by atoms with E-state index >= 15 is 0 Å². The highest BCUT2D eigenvalue weighted by Gasteiger charge is 2.21. The molecule has 0 spiro atoms. The van der Waals surface area contributed by atoms with Crippen LogP contribution in [0.3, 0.4) is 0 Å². The van der Waals surface area contributed by atoms with Crippen LogP contribution in [0.5, 0.6) is 0 Å². The maximum atomic E-state index is 10.3. The van der Waals surface area contributed by atoms with Crippen molar-refractivity contribution in [3.8, 4) is 11.1 Å². The van der Waals surface area contributed by atoms with Crippen molar-refractivity contribution in [1.29, 1.82) is 0 Å². The number of methoxy groups -OCH3 is 1. The molecule has 0 radical (unpaired) electrons. The molecule has 3 aromatic rings. The standard InChI is InChI=1S/C22H28N4O3S/c1-25(12-17(27)14-28-2)21-20-18(16-6-4-3-5-7-16)15-30-22(20)24-19(23-21)13-26-8-10-29-11-9-26/h3-7,15,17,27H,8-14H2,1-2H3. The number of benzene rings is 1.